The maximum atomic E-state index is 3.48. The fourth-order valence-electron chi connectivity index (χ4n) is 0.500. The molecule has 0 fully saturated rings. The van der Waals surface area contributed by atoms with E-state index in [-0.39, 0.29) is 0 Å². The molecule has 0 heterocycles. The molecule has 0 nitrogen and oxygen atoms in total. The number of allylic oxidation sites excluding steroid dienone is 1. The van der Waals surface area contributed by atoms with Gasteiger partial charge >= 0.3 is 0 Å². The highest BCUT2D eigenvalue weighted by Gasteiger charge is 1.75. The standard InChI is InChI=1S/C6H14.C4H8.C3H8/c1-3-5-6-4-2;1-3-4-2;1-3-2/h3-6H2,1-2H3;3H,1,4H2,2H3;3H2,1-2H3. The van der Waals surface area contributed by atoms with Crippen LogP contribution in [0.15, 0.2) is 12.7 Å². The fourth-order valence-corrected chi connectivity index (χ4v) is 0.500. The van der Waals surface area contributed by atoms with Crippen molar-refractivity contribution in [2.75, 3.05) is 0 Å². The zero-order valence-electron chi connectivity index (χ0n) is 10.5. The summed E-state index contributed by atoms with van der Waals surface area (Å²) in [6.07, 6.45) is 9.74. The monoisotopic (exact) mass is 186 g/mol. The summed E-state index contributed by atoms with van der Waals surface area (Å²) in [6.45, 7) is 14.3. The first-order valence-electron chi connectivity index (χ1n) is 5.85. The SMILES string of the molecule is C=CCC.CCC.CCCCCC. The Morgan fingerprint density at radius 1 is 0.846 bits per heavy atom. The maximum absolute atomic E-state index is 3.48. The second-order valence-electron chi connectivity index (χ2n) is 3.11. The highest BCUT2D eigenvalue weighted by Crippen LogP contribution is 1.95. The normalized spacial score (nSPS) is 7.46. The summed E-state index contributed by atoms with van der Waals surface area (Å²) in [5.41, 5.74) is 0. The molecule has 0 radical (unpaired) electrons. The van der Waals surface area contributed by atoms with Gasteiger partial charge in [-0.3, -0.25) is 0 Å². The summed E-state index contributed by atoms with van der Waals surface area (Å²) in [7, 11) is 0. The van der Waals surface area contributed by atoms with Crippen LogP contribution in [0.1, 0.15) is 73.1 Å². The quantitative estimate of drug-likeness (QED) is 0.397. The third-order valence-electron chi connectivity index (χ3n) is 1.25. The zero-order valence-corrected chi connectivity index (χ0v) is 10.5. The van der Waals surface area contributed by atoms with Gasteiger partial charge in [-0.2, -0.15) is 0 Å². The molecular weight excluding hydrogens is 156 g/mol. The highest BCUT2D eigenvalue weighted by atomic mass is 13.8. The third kappa shape index (κ3) is 79.6. The lowest BCUT2D eigenvalue weighted by atomic mass is 10.2. The number of rotatable bonds is 4. The van der Waals surface area contributed by atoms with Gasteiger partial charge in [0.05, 0.1) is 0 Å². The average molecular weight is 186 g/mol. The number of unbranched alkanes of at least 4 members (excludes halogenated alkanes) is 3. The van der Waals surface area contributed by atoms with Crippen LogP contribution in [0.4, 0.5) is 0 Å². The maximum Gasteiger partial charge on any atom is -0.0382 e. The van der Waals surface area contributed by atoms with Crippen LogP contribution in [-0.2, 0) is 0 Å². The van der Waals surface area contributed by atoms with Gasteiger partial charge < -0.3 is 0 Å². The van der Waals surface area contributed by atoms with E-state index in [0.29, 0.717) is 0 Å². The van der Waals surface area contributed by atoms with E-state index in [9.17, 15) is 0 Å². The molecule has 0 unspecified atom stereocenters. The van der Waals surface area contributed by atoms with E-state index in [0.717, 1.165) is 6.42 Å². The summed E-state index contributed by atoms with van der Waals surface area (Å²) >= 11 is 0. The smallest absolute Gasteiger partial charge is 0.0382 e. The Morgan fingerprint density at radius 2 is 1.08 bits per heavy atom. The highest BCUT2D eigenvalue weighted by molar-refractivity contribution is 4.60. The molecule has 0 rings (SSSR count). The molecular formula is C13H30. The van der Waals surface area contributed by atoms with Gasteiger partial charge in [-0.1, -0.05) is 72.8 Å². The van der Waals surface area contributed by atoms with E-state index in [4.69, 9.17) is 0 Å². The molecule has 0 saturated carbocycles. The van der Waals surface area contributed by atoms with E-state index in [1.54, 1.807) is 0 Å². The molecule has 0 aromatic rings. The first-order chi connectivity index (χ1) is 6.24. The Morgan fingerprint density at radius 3 is 1.15 bits per heavy atom. The largest absolute Gasteiger partial charge is 0.103 e. The summed E-state index contributed by atoms with van der Waals surface area (Å²) < 4.78 is 0. The van der Waals surface area contributed by atoms with Crippen molar-refractivity contribution in [3.63, 3.8) is 0 Å². The second-order valence-corrected chi connectivity index (χ2v) is 3.11. The molecule has 0 aromatic heterocycles. The molecule has 0 aliphatic heterocycles. The van der Waals surface area contributed by atoms with Crippen molar-refractivity contribution in [3.8, 4) is 0 Å². The van der Waals surface area contributed by atoms with Crippen molar-refractivity contribution >= 4 is 0 Å². The summed E-state index contributed by atoms with van der Waals surface area (Å²) in [5.74, 6) is 0. The van der Waals surface area contributed by atoms with Crippen LogP contribution in [0, 0.1) is 0 Å². The van der Waals surface area contributed by atoms with E-state index < -0.39 is 0 Å². The summed E-state index contributed by atoms with van der Waals surface area (Å²) in [5, 5.41) is 0. The molecule has 0 spiro atoms. The molecule has 82 valence electrons. The van der Waals surface area contributed by atoms with Crippen LogP contribution in [-0.4, -0.2) is 0 Å². The first-order valence-corrected chi connectivity index (χ1v) is 5.85. The van der Waals surface area contributed by atoms with Crippen molar-refractivity contribution in [2.45, 2.75) is 73.1 Å². The van der Waals surface area contributed by atoms with Crippen LogP contribution in [0.5, 0.6) is 0 Å². The van der Waals surface area contributed by atoms with Crippen molar-refractivity contribution in [1.29, 1.82) is 0 Å². The fraction of sp³-hybridized carbons (Fsp3) is 0.846. The lowest BCUT2D eigenvalue weighted by molar-refractivity contribution is 0.702. The zero-order chi connectivity index (χ0) is 10.9. The third-order valence-corrected chi connectivity index (χ3v) is 1.25. The van der Waals surface area contributed by atoms with Gasteiger partial charge in [0.1, 0.15) is 0 Å². The van der Waals surface area contributed by atoms with Crippen LogP contribution >= 0.6 is 0 Å². The Kier molecular flexibility index (Phi) is 42.4. The molecule has 0 atom stereocenters. The predicted octanol–water partition coefficient (Wildman–Crippen LogP) is 5.59. The minimum absolute atomic E-state index is 1.08. The van der Waals surface area contributed by atoms with E-state index in [2.05, 4.69) is 41.2 Å². The predicted molar refractivity (Wildman–Crippen MR) is 66.3 cm³/mol. The van der Waals surface area contributed by atoms with E-state index in [1.165, 1.54) is 32.1 Å². The van der Waals surface area contributed by atoms with E-state index in [1.807, 2.05) is 6.08 Å². The lowest BCUT2D eigenvalue weighted by Gasteiger charge is -1.86. The summed E-state index contributed by atoms with van der Waals surface area (Å²) in [4.78, 5) is 0. The molecule has 13 heavy (non-hydrogen) atoms. The minimum atomic E-state index is 1.08. The van der Waals surface area contributed by atoms with Crippen LogP contribution < -0.4 is 0 Å². The Labute approximate surface area is 86.4 Å². The molecule has 0 saturated heterocycles. The number of hydrogen-bond acceptors (Lipinski definition) is 0. The topological polar surface area (TPSA) is 0 Å². The average Bonchev–Trinajstić information content (AvgIpc) is 2.16. The van der Waals surface area contributed by atoms with Gasteiger partial charge in [0.25, 0.3) is 0 Å². The van der Waals surface area contributed by atoms with Gasteiger partial charge in [0, 0.05) is 0 Å². The van der Waals surface area contributed by atoms with Crippen LogP contribution in [0.3, 0.4) is 0 Å². The van der Waals surface area contributed by atoms with Crippen molar-refractivity contribution in [1.82, 2.24) is 0 Å². The van der Waals surface area contributed by atoms with E-state index >= 15 is 0 Å². The van der Waals surface area contributed by atoms with Gasteiger partial charge in [0.15, 0.2) is 0 Å². The van der Waals surface area contributed by atoms with Crippen LogP contribution in [0.25, 0.3) is 0 Å². The molecule has 0 N–H and O–H groups in total. The van der Waals surface area contributed by atoms with Gasteiger partial charge in [-0.15, -0.1) is 6.58 Å². The molecule has 0 aliphatic carbocycles. The molecule has 0 bridgehead atoms. The Balaban J connectivity index is -0.000000125. The van der Waals surface area contributed by atoms with Gasteiger partial charge in [-0.25, -0.2) is 0 Å². The lowest BCUT2D eigenvalue weighted by Crippen LogP contribution is -1.66. The Bertz CT molecular complexity index is 51.1. The molecule has 0 amide bonds. The van der Waals surface area contributed by atoms with Crippen LogP contribution in [0.2, 0.25) is 0 Å². The van der Waals surface area contributed by atoms with Crippen molar-refractivity contribution in [3.05, 3.63) is 12.7 Å². The minimum Gasteiger partial charge on any atom is -0.103 e. The summed E-state index contributed by atoms with van der Waals surface area (Å²) in [6, 6.07) is 0. The van der Waals surface area contributed by atoms with Gasteiger partial charge in [0.2, 0.25) is 0 Å². The van der Waals surface area contributed by atoms with Crippen molar-refractivity contribution < 1.29 is 0 Å². The first kappa shape index (κ1) is 18.5. The number of hydrogen-bond donors (Lipinski definition) is 0. The second kappa shape index (κ2) is 29.8. The van der Waals surface area contributed by atoms with Crippen molar-refractivity contribution in [2.24, 2.45) is 0 Å². The van der Waals surface area contributed by atoms with Gasteiger partial charge in [-0.05, 0) is 6.42 Å². The Hall–Kier alpha value is -0.260. The molecule has 0 aromatic carbocycles. The molecule has 0 aliphatic rings. The molecule has 0 heteroatoms.